The largest absolute Gasteiger partial charge is 0.371 e. The Balaban J connectivity index is 1.89. The second-order valence-electron chi connectivity index (χ2n) is 6.12. The van der Waals surface area contributed by atoms with Gasteiger partial charge in [0.25, 0.3) is 0 Å². The zero-order chi connectivity index (χ0) is 16.0. The van der Waals surface area contributed by atoms with E-state index in [4.69, 9.17) is 5.14 Å². The van der Waals surface area contributed by atoms with Gasteiger partial charge in [-0.25, -0.2) is 22.0 Å². The molecule has 0 unspecified atom stereocenters. The number of sulfonamides is 1. The molecule has 0 amide bonds. The maximum Gasteiger partial charge on any atom is 0.238 e. The summed E-state index contributed by atoms with van der Waals surface area (Å²) in [6.45, 7) is 1.47. The van der Waals surface area contributed by atoms with E-state index >= 15 is 0 Å². The second kappa shape index (κ2) is 5.50. The molecule has 2 heterocycles. The average Bonchev–Trinajstić information content (AvgIpc) is 2.76. The third-order valence-electron chi connectivity index (χ3n) is 4.42. The first-order valence-electron chi connectivity index (χ1n) is 7.36. The summed E-state index contributed by atoms with van der Waals surface area (Å²) < 4.78 is 46.6. The topological polar surface area (TPSA) is 97.5 Å². The van der Waals surface area contributed by atoms with Crippen molar-refractivity contribution >= 4 is 25.5 Å². The summed E-state index contributed by atoms with van der Waals surface area (Å²) in [5.41, 5.74) is 1.64. The highest BCUT2D eigenvalue weighted by atomic mass is 32.2. The van der Waals surface area contributed by atoms with Crippen molar-refractivity contribution in [3.63, 3.8) is 0 Å². The van der Waals surface area contributed by atoms with E-state index in [0.29, 0.717) is 19.4 Å². The average molecular weight is 344 g/mol. The number of hydrogen-bond acceptors (Lipinski definition) is 5. The molecule has 2 aliphatic rings. The van der Waals surface area contributed by atoms with Crippen LogP contribution in [0.2, 0.25) is 0 Å². The van der Waals surface area contributed by atoms with Crippen LogP contribution < -0.4 is 10.0 Å². The molecule has 2 aliphatic heterocycles. The highest BCUT2D eigenvalue weighted by Gasteiger charge is 2.31. The van der Waals surface area contributed by atoms with E-state index < -0.39 is 19.9 Å². The number of hydrogen-bond donors (Lipinski definition) is 1. The van der Waals surface area contributed by atoms with E-state index in [0.717, 1.165) is 24.2 Å². The van der Waals surface area contributed by atoms with Crippen molar-refractivity contribution in [2.24, 2.45) is 11.1 Å². The van der Waals surface area contributed by atoms with Gasteiger partial charge in [-0.15, -0.1) is 0 Å². The van der Waals surface area contributed by atoms with Crippen LogP contribution in [0.4, 0.5) is 5.69 Å². The zero-order valence-corrected chi connectivity index (χ0v) is 13.9. The van der Waals surface area contributed by atoms with Gasteiger partial charge >= 0.3 is 0 Å². The number of sulfone groups is 1. The Bertz CT molecular complexity index is 787. The van der Waals surface area contributed by atoms with Crippen LogP contribution in [0.5, 0.6) is 0 Å². The van der Waals surface area contributed by atoms with Crippen LogP contribution >= 0.6 is 0 Å². The van der Waals surface area contributed by atoms with Crippen molar-refractivity contribution in [2.75, 3.05) is 29.5 Å². The maximum atomic E-state index is 11.7. The molecule has 1 aromatic rings. The van der Waals surface area contributed by atoms with Crippen molar-refractivity contribution < 1.29 is 16.8 Å². The molecule has 8 heteroatoms. The number of fused-ring (bicyclic) bond motifs is 1. The number of benzene rings is 1. The molecule has 6 nitrogen and oxygen atoms in total. The van der Waals surface area contributed by atoms with Gasteiger partial charge in [-0.1, -0.05) is 6.07 Å². The summed E-state index contributed by atoms with van der Waals surface area (Å²) >= 11 is 0. The van der Waals surface area contributed by atoms with Crippen molar-refractivity contribution in [3.8, 4) is 0 Å². The Morgan fingerprint density at radius 1 is 1.32 bits per heavy atom. The minimum absolute atomic E-state index is 0.120. The lowest BCUT2D eigenvalue weighted by atomic mass is 9.99. The molecule has 0 saturated carbocycles. The molecule has 1 fully saturated rings. The molecule has 1 atom stereocenters. The third-order valence-corrected chi connectivity index (χ3v) is 7.25. The van der Waals surface area contributed by atoms with Crippen LogP contribution in [-0.2, 0) is 26.3 Å². The van der Waals surface area contributed by atoms with Gasteiger partial charge < -0.3 is 4.90 Å². The first-order chi connectivity index (χ1) is 10.3. The number of primary sulfonamides is 1. The van der Waals surface area contributed by atoms with Gasteiger partial charge in [0, 0.05) is 18.8 Å². The van der Waals surface area contributed by atoms with Gasteiger partial charge in [0.15, 0.2) is 9.84 Å². The number of rotatable bonds is 3. The predicted molar refractivity (Wildman–Crippen MR) is 85.1 cm³/mol. The summed E-state index contributed by atoms with van der Waals surface area (Å²) in [5.74, 6) is 0.609. The standard InChI is InChI=1S/C14H20N2O4S2/c15-22(19,20)14-5-1-4-13-12(14)3-2-7-16(13)9-11-6-8-21(17,18)10-11/h1,4-5,11H,2-3,6-10H2,(H2,15,19,20)/t11-/m1/s1. The second-order valence-corrected chi connectivity index (χ2v) is 9.88. The van der Waals surface area contributed by atoms with Crippen LogP contribution in [0.1, 0.15) is 18.4 Å². The van der Waals surface area contributed by atoms with Crippen LogP contribution in [0.15, 0.2) is 23.1 Å². The van der Waals surface area contributed by atoms with Crippen molar-refractivity contribution in [3.05, 3.63) is 23.8 Å². The third kappa shape index (κ3) is 3.13. The van der Waals surface area contributed by atoms with Gasteiger partial charge in [-0.3, -0.25) is 0 Å². The molecule has 1 aromatic carbocycles. The summed E-state index contributed by atoms with van der Waals surface area (Å²) in [4.78, 5) is 2.30. The van der Waals surface area contributed by atoms with Gasteiger partial charge in [0.1, 0.15) is 0 Å². The van der Waals surface area contributed by atoms with Crippen molar-refractivity contribution in [2.45, 2.75) is 24.2 Å². The summed E-state index contributed by atoms with van der Waals surface area (Å²) in [6, 6.07) is 5.13. The molecule has 122 valence electrons. The Morgan fingerprint density at radius 3 is 2.73 bits per heavy atom. The monoisotopic (exact) mass is 344 g/mol. The maximum absolute atomic E-state index is 11.7. The van der Waals surface area contributed by atoms with Gasteiger partial charge in [-0.05, 0) is 42.9 Å². The molecule has 0 aromatic heterocycles. The first-order valence-corrected chi connectivity index (χ1v) is 10.7. The lowest BCUT2D eigenvalue weighted by Gasteiger charge is -2.33. The molecule has 0 bridgehead atoms. The molecule has 0 aliphatic carbocycles. The number of nitrogens with two attached hydrogens (primary N) is 1. The highest BCUT2D eigenvalue weighted by molar-refractivity contribution is 7.91. The first kappa shape index (κ1) is 15.8. The van der Waals surface area contributed by atoms with Crippen molar-refractivity contribution in [1.29, 1.82) is 0 Å². The van der Waals surface area contributed by atoms with Gasteiger partial charge in [0.05, 0.1) is 16.4 Å². The van der Waals surface area contributed by atoms with Gasteiger partial charge in [0.2, 0.25) is 10.0 Å². The lowest BCUT2D eigenvalue weighted by Crippen LogP contribution is -2.35. The fourth-order valence-corrected chi connectivity index (χ4v) is 6.12. The molecular weight excluding hydrogens is 324 g/mol. The fraction of sp³-hybridized carbons (Fsp3) is 0.571. The Kier molecular flexibility index (Phi) is 3.94. The SMILES string of the molecule is NS(=O)(=O)c1cccc2c1CCCN2C[C@H]1CCS(=O)(=O)C1. The summed E-state index contributed by atoms with van der Waals surface area (Å²) in [6.07, 6.45) is 2.21. The van der Waals surface area contributed by atoms with Crippen LogP contribution in [0.3, 0.4) is 0 Å². The van der Waals surface area contributed by atoms with Crippen LogP contribution in [-0.4, -0.2) is 41.4 Å². The minimum atomic E-state index is -3.74. The van der Waals surface area contributed by atoms with E-state index in [2.05, 4.69) is 4.90 Å². The lowest BCUT2D eigenvalue weighted by molar-refractivity contribution is 0.548. The Hall–Kier alpha value is -1.12. The molecule has 22 heavy (non-hydrogen) atoms. The van der Waals surface area contributed by atoms with E-state index in [1.165, 1.54) is 6.07 Å². The smallest absolute Gasteiger partial charge is 0.238 e. The molecule has 3 rings (SSSR count). The van der Waals surface area contributed by atoms with Crippen LogP contribution in [0, 0.1) is 5.92 Å². The molecular formula is C14H20N2O4S2. The van der Waals surface area contributed by atoms with Crippen LogP contribution in [0.25, 0.3) is 0 Å². The van der Waals surface area contributed by atoms with E-state index in [-0.39, 0.29) is 22.3 Å². The minimum Gasteiger partial charge on any atom is -0.371 e. The van der Waals surface area contributed by atoms with Crippen molar-refractivity contribution in [1.82, 2.24) is 0 Å². The van der Waals surface area contributed by atoms with Gasteiger partial charge in [-0.2, -0.15) is 0 Å². The Morgan fingerprint density at radius 2 is 2.09 bits per heavy atom. The highest BCUT2D eigenvalue weighted by Crippen LogP contribution is 2.33. The number of anilines is 1. The summed E-state index contributed by atoms with van der Waals surface area (Å²) in [7, 11) is -6.63. The zero-order valence-electron chi connectivity index (χ0n) is 12.2. The van der Waals surface area contributed by atoms with E-state index in [1.54, 1.807) is 6.07 Å². The Labute approximate surface area is 131 Å². The number of nitrogens with zero attached hydrogens (tertiary/aromatic N) is 1. The molecule has 0 spiro atoms. The van der Waals surface area contributed by atoms with E-state index in [9.17, 15) is 16.8 Å². The molecule has 1 saturated heterocycles. The summed E-state index contributed by atoms with van der Waals surface area (Å²) in [5, 5.41) is 5.30. The predicted octanol–water partition coefficient (Wildman–Crippen LogP) is 0.521. The van der Waals surface area contributed by atoms with E-state index in [1.807, 2.05) is 6.07 Å². The molecule has 0 radical (unpaired) electrons. The quantitative estimate of drug-likeness (QED) is 0.862. The fourth-order valence-electron chi connectivity index (χ4n) is 3.45. The normalized spacial score (nSPS) is 24.2. The molecule has 2 N–H and O–H groups in total.